The molecule has 1 unspecified atom stereocenters. The summed E-state index contributed by atoms with van der Waals surface area (Å²) in [4.78, 5) is 25.4. The van der Waals surface area contributed by atoms with Gasteiger partial charge in [0.25, 0.3) is 0 Å². The zero-order chi connectivity index (χ0) is 15.9. The summed E-state index contributed by atoms with van der Waals surface area (Å²) in [6.45, 7) is 3.73. The van der Waals surface area contributed by atoms with Gasteiger partial charge >= 0.3 is 0 Å². The number of carbonyl (C=O) groups is 2. The number of nitrogens with zero attached hydrogens (tertiary/aromatic N) is 1. The maximum absolute atomic E-state index is 12.3. The second-order valence-electron chi connectivity index (χ2n) is 5.62. The highest BCUT2D eigenvalue weighted by molar-refractivity contribution is 5.80. The quantitative estimate of drug-likeness (QED) is 0.870. The molecule has 1 aromatic rings. The summed E-state index contributed by atoms with van der Waals surface area (Å²) in [5.74, 6) is 0.413. The summed E-state index contributed by atoms with van der Waals surface area (Å²) in [6, 6.07) is 7.79. The number of hydrogen-bond acceptors (Lipinski definition) is 3. The molecule has 1 fully saturated rings. The van der Waals surface area contributed by atoms with Crippen molar-refractivity contribution in [2.45, 2.75) is 32.6 Å². The van der Waals surface area contributed by atoms with Crippen LogP contribution in [0.1, 0.15) is 31.7 Å². The van der Waals surface area contributed by atoms with Gasteiger partial charge in [0.2, 0.25) is 11.8 Å². The van der Waals surface area contributed by atoms with Crippen LogP contribution in [-0.2, 0) is 16.0 Å². The van der Waals surface area contributed by atoms with E-state index in [0.717, 1.165) is 30.7 Å². The monoisotopic (exact) mass is 304 g/mol. The summed E-state index contributed by atoms with van der Waals surface area (Å²) < 4.78 is 5.58. The van der Waals surface area contributed by atoms with Crippen molar-refractivity contribution in [2.24, 2.45) is 11.7 Å². The molecule has 1 atom stereocenters. The number of benzene rings is 1. The second kappa shape index (κ2) is 7.82. The fraction of sp³-hybridized carbons (Fsp3) is 0.529. The molecule has 0 aromatic heterocycles. The van der Waals surface area contributed by atoms with E-state index in [9.17, 15) is 9.59 Å². The average molecular weight is 304 g/mol. The summed E-state index contributed by atoms with van der Waals surface area (Å²) in [7, 11) is 0. The van der Waals surface area contributed by atoms with Crippen molar-refractivity contribution in [2.75, 3.05) is 19.7 Å². The minimum atomic E-state index is -0.306. The Kier molecular flexibility index (Phi) is 5.81. The Hall–Kier alpha value is -2.04. The molecule has 0 bridgehead atoms. The molecule has 1 aliphatic rings. The highest BCUT2D eigenvalue weighted by Crippen LogP contribution is 2.21. The zero-order valence-corrected chi connectivity index (χ0v) is 13.1. The predicted octanol–water partition coefficient (Wildman–Crippen LogP) is 1.74. The Labute approximate surface area is 131 Å². The lowest BCUT2D eigenvalue weighted by Gasteiger charge is -2.31. The summed E-state index contributed by atoms with van der Waals surface area (Å²) in [5, 5.41) is 0. The smallest absolute Gasteiger partial charge is 0.222 e. The third-order valence-corrected chi connectivity index (χ3v) is 4.06. The normalized spacial score (nSPS) is 18.0. The summed E-state index contributed by atoms with van der Waals surface area (Å²) in [5.41, 5.74) is 6.40. The molecular weight excluding hydrogens is 280 g/mol. The van der Waals surface area contributed by atoms with Crippen LogP contribution in [0.2, 0.25) is 0 Å². The van der Waals surface area contributed by atoms with Crippen LogP contribution in [0, 0.1) is 5.92 Å². The Morgan fingerprint density at radius 3 is 2.86 bits per heavy atom. The number of aryl methyl sites for hydroxylation is 1. The average Bonchev–Trinajstić information content (AvgIpc) is 2.54. The van der Waals surface area contributed by atoms with Gasteiger partial charge in [0.05, 0.1) is 12.5 Å². The van der Waals surface area contributed by atoms with Gasteiger partial charge in [-0.1, -0.05) is 18.2 Å². The van der Waals surface area contributed by atoms with Crippen molar-refractivity contribution in [1.82, 2.24) is 4.90 Å². The van der Waals surface area contributed by atoms with Crippen LogP contribution in [0.5, 0.6) is 5.75 Å². The van der Waals surface area contributed by atoms with Gasteiger partial charge in [-0.05, 0) is 37.8 Å². The number of primary amides is 1. The lowest BCUT2D eigenvalue weighted by Crippen LogP contribution is -2.44. The number of nitrogens with two attached hydrogens (primary N) is 1. The first-order chi connectivity index (χ1) is 10.6. The SMILES string of the molecule is CCOc1ccccc1CCC(=O)N1CCCC(C(N)=O)C1. The van der Waals surface area contributed by atoms with E-state index in [1.165, 1.54) is 0 Å². The Morgan fingerprint density at radius 1 is 1.36 bits per heavy atom. The molecule has 5 heteroatoms. The lowest BCUT2D eigenvalue weighted by atomic mass is 9.97. The standard InChI is InChI=1S/C17H24N2O3/c1-2-22-15-8-4-3-6-13(15)9-10-16(20)19-11-5-7-14(12-19)17(18)21/h3-4,6,8,14H,2,5,7,9-12H2,1H3,(H2,18,21). The number of carbonyl (C=O) groups excluding carboxylic acids is 2. The minimum absolute atomic E-state index is 0.0808. The van der Waals surface area contributed by atoms with Crippen LogP contribution < -0.4 is 10.5 Å². The first kappa shape index (κ1) is 16.3. The number of ether oxygens (including phenoxy) is 1. The van der Waals surface area contributed by atoms with Gasteiger partial charge in [-0.2, -0.15) is 0 Å². The predicted molar refractivity (Wildman–Crippen MR) is 84.4 cm³/mol. The van der Waals surface area contributed by atoms with Crippen molar-refractivity contribution < 1.29 is 14.3 Å². The molecular formula is C17H24N2O3. The van der Waals surface area contributed by atoms with E-state index in [1.807, 2.05) is 31.2 Å². The van der Waals surface area contributed by atoms with Gasteiger partial charge < -0.3 is 15.4 Å². The third-order valence-electron chi connectivity index (χ3n) is 4.06. The van der Waals surface area contributed by atoms with Gasteiger partial charge in [-0.3, -0.25) is 9.59 Å². The van der Waals surface area contributed by atoms with Crippen LogP contribution in [0.15, 0.2) is 24.3 Å². The lowest BCUT2D eigenvalue weighted by molar-refractivity contribution is -0.134. The molecule has 1 aliphatic heterocycles. The molecule has 0 saturated carbocycles. The fourth-order valence-electron chi connectivity index (χ4n) is 2.84. The molecule has 0 aliphatic carbocycles. The first-order valence-electron chi connectivity index (χ1n) is 7.89. The van der Waals surface area contributed by atoms with Gasteiger partial charge in [0.1, 0.15) is 5.75 Å². The van der Waals surface area contributed by atoms with Crippen molar-refractivity contribution >= 4 is 11.8 Å². The van der Waals surface area contributed by atoms with Crippen molar-refractivity contribution in [1.29, 1.82) is 0 Å². The van der Waals surface area contributed by atoms with E-state index in [2.05, 4.69) is 0 Å². The van der Waals surface area contributed by atoms with E-state index in [-0.39, 0.29) is 17.7 Å². The van der Waals surface area contributed by atoms with Crippen LogP contribution >= 0.6 is 0 Å². The molecule has 120 valence electrons. The zero-order valence-electron chi connectivity index (χ0n) is 13.1. The van der Waals surface area contributed by atoms with E-state index >= 15 is 0 Å². The summed E-state index contributed by atoms with van der Waals surface area (Å²) in [6.07, 6.45) is 2.70. The van der Waals surface area contributed by atoms with Gasteiger partial charge in [0, 0.05) is 19.5 Å². The number of para-hydroxylation sites is 1. The van der Waals surface area contributed by atoms with Crippen LogP contribution in [0.4, 0.5) is 0 Å². The maximum atomic E-state index is 12.3. The summed E-state index contributed by atoms with van der Waals surface area (Å²) >= 11 is 0. The van der Waals surface area contributed by atoms with Crippen molar-refractivity contribution in [3.63, 3.8) is 0 Å². The highest BCUT2D eigenvalue weighted by Gasteiger charge is 2.26. The second-order valence-corrected chi connectivity index (χ2v) is 5.62. The number of likely N-dealkylation sites (tertiary alicyclic amines) is 1. The molecule has 0 spiro atoms. The van der Waals surface area contributed by atoms with Crippen LogP contribution in [0.3, 0.4) is 0 Å². The van der Waals surface area contributed by atoms with Gasteiger partial charge in [-0.25, -0.2) is 0 Å². The molecule has 1 aromatic carbocycles. The van der Waals surface area contributed by atoms with E-state index in [0.29, 0.717) is 26.0 Å². The maximum Gasteiger partial charge on any atom is 0.222 e. The molecule has 1 heterocycles. The van der Waals surface area contributed by atoms with Crippen LogP contribution in [-0.4, -0.2) is 36.4 Å². The Balaban J connectivity index is 1.91. The fourth-order valence-corrected chi connectivity index (χ4v) is 2.84. The molecule has 2 N–H and O–H groups in total. The molecule has 1 saturated heterocycles. The Morgan fingerprint density at radius 2 is 2.14 bits per heavy atom. The van der Waals surface area contributed by atoms with Gasteiger partial charge in [0.15, 0.2) is 0 Å². The van der Waals surface area contributed by atoms with Crippen molar-refractivity contribution in [3.05, 3.63) is 29.8 Å². The number of amides is 2. The van der Waals surface area contributed by atoms with Crippen LogP contribution in [0.25, 0.3) is 0 Å². The largest absolute Gasteiger partial charge is 0.494 e. The molecule has 2 rings (SSSR count). The topological polar surface area (TPSA) is 72.6 Å². The molecule has 22 heavy (non-hydrogen) atoms. The number of hydrogen-bond donors (Lipinski definition) is 1. The minimum Gasteiger partial charge on any atom is -0.494 e. The van der Waals surface area contributed by atoms with Crippen molar-refractivity contribution in [3.8, 4) is 5.75 Å². The van der Waals surface area contributed by atoms with Gasteiger partial charge in [-0.15, -0.1) is 0 Å². The molecule has 0 radical (unpaired) electrons. The number of piperidine rings is 1. The van der Waals surface area contributed by atoms with E-state index in [4.69, 9.17) is 10.5 Å². The van der Waals surface area contributed by atoms with E-state index < -0.39 is 0 Å². The molecule has 5 nitrogen and oxygen atoms in total. The Bertz CT molecular complexity index is 530. The third kappa shape index (κ3) is 4.23. The highest BCUT2D eigenvalue weighted by atomic mass is 16.5. The molecule has 2 amide bonds. The number of rotatable bonds is 6. The first-order valence-corrected chi connectivity index (χ1v) is 7.89. The van der Waals surface area contributed by atoms with E-state index in [1.54, 1.807) is 4.90 Å².